The first kappa shape index (κ1) is 36.0. The van der Waals surface area contributed by atoms with Gasteiger partial charge in [-0.15, -0.1) is 0 Å². The number of anilines is 1. The van der Waals surface area contributed by atoms with Crippen LogP contribution in [0.25, 0.3) is 0 Å². The number of non-ortho nitro benzene ring substituents is 1. The Labute approximate surface area is 234 Å². The Morgan fingerprint density at radius 3 is 1.73 bits per heavy atom. The topological polar surface area (TPSA) is 228 Å². The molecule has 0 amide bonds. The first-order chi connectivity index (χ1) is 18.1. The minimum absolute atomic E-state index is 0.0303. The van der Waals surface area contributed by atoms with Gasteiger partial charge in [0.15, 0.2) is 0 Å². The zero-order chi connectivity index (χ0) is 30.9. The van der Waals surface area contributed by atoms with Gasteiger partial charge in [0.25, 0.3) is 36.0 Å². The maximum absolute atomic E-state index is 13.6. The smallest absolute Gasteiger partial charge is 0.270 e. The Morgan fingerprint density at radius 2 is 1.35 bits per heavy atom. The van der Waals surface area contributed by atoms with E-state index in [-0.39, 0.29) is 50.0 Å². The summed E-state index contributed by atoms with van der Waals surface area (Å²) in [6.07, 6.45) is 2.41. The minimum atomic E-state index is -4.19. The highest BCUT2D eigenvalue weighted by Crippen LogP contribution is 2.32. The number of hydrogen-bond acceptors (Lipinski definition) is 14. The van der Waals surface area contributed by atoms with Crippen LogP contribution in [0.5, 0.6) is 0 Å². The molecule has 0 bridgehead atoms. The molecule has 0 aliphatic carbocycles. The molecule has 21 heteroatoms. The summed E-state index contributed by atoms with van der Waals surface area (Å²) in [5.74, 6) is 0. The number of rotatable bonds is 13. The van der Waals surface area contributed by atoms with E-state index in [2.05, 4.69) is 4.90 Å². The van der Waals surface area contributed by atoms with Gasteiger partial charge in [-0.25, -0.2) is 8.42 Å². The standard InChI is InChI=1S/C18H30N4O10S3.CH4O3S/c1-4-19-7-9-21(10-8-19)35(29,30)18-15-16(22(23)24)5-6-17(18)20(11-13-31-33(2,25)26)12-14-32-34(3,27)28;1-5(2,3)4/h5-6,15H,4,7-14H2,1-3H3;1H3,(H,2,3,4). The lowest BCUT2D eigenvalue weighted by atomic mass is 10.2. The van der Waals surface area contributed by atoms with Crippen molar-refractivity contribution in [2.45, 2.75) is 11.8 Å². The van der Waals surface area contributed by atoms with Crippen molar-refractivity contribution in [1.82, 2.24) is 9.21 Å². The highest BCUT2D eigenvalue weighted by molar-refractivity contribution is 7.89. The molecule has 1 aliphatic rings. The molecule has 0 unspecified atom stereocenters. The Balaban J connectivity index is 0.00000146. The molecule has 0 saturated carbocycles. The van der Waals surface area contributed by atoms with Crippen molar-refractivity contribution in [3.63, 3.8) is 0 Å². The molecule has 1 N–H and O–H groups in total. The van der Waals surface area contributed by atoms with Gasteiger partial charge in [0.1, 0.15) is 4.90 Å². The fraction of sp³-hybridized carbons (Fsp3) is 0.684. The van der Waals surface area contributed by atoms with Gasteiger partial charge in [0.2, 0.25) is 10.0 Å². The van der Waals surface area contributed by atoms with Gasteiger partial charge in [-0.05, 0) is 12.6 Å². The lowest BCUT2D eigenvalue weighted by molar-refractivity contribution is -0.385. The molecule has 1 aliphatic heterocycles. The highest BCUT2D eigenvalue weighted by Gasteiger charge is 2.33. The minimum Gasteiger partial charge on any atom is -0.366 e. The first-order valence-electron chi connectivity index (χ1n) is 11.5. The molecule has 0 radical (unpaired) electrons. The molecule has 1 heterocycles. The van der Waals surface area contributed by atoms with Gasteiger partial charge in [0.05, 0.1) is 42.6 Å². The summed E-state index contributed by atoms with van der Waals surface area (Å²) in [4.78, 5) is 13.7. The molecule has 1 fully saturated rings. The van der Waals surface area contributed by atoms with E-state index >= 15 is 0 Å². The van der Waals surface area contributed by atoms with E-state index in [1.54, 1.807) is 0 Å². The third-order valence-corrected chi connectivity index (χ3v) is 8.33. The van der Waals surface area contributed by atoms with Crippen LogP contribution in [0, 0.1) is 10.1 Å². The van der Waals surface area contributed by atoms with Crippen LogP contribution in [0.4, 0.5) is 11.4 Å². The molecule has 1 aromatic carbocycles. The summed E-state index contributed by atoms with van der Waals surface area (Å²) in [5.41, 5.74) is -0.415. The summed E-state index contributed by atoms with van der Waals surface area (Å²) < 4.78 is 109. The van der Waals surface area contributed by atoms with Gasteiger partial charge < -0.3 is 9.80 Å². The molecule has 0 spiro atoms. The van der Waals surface area contributed by atoms with Crippen LogP contribution in [0.2, 0.25) is 0 Å². The Bertz CT molecular complexity index is 1390. The molecule has 0 atom stereocenters. The summed E-state index contributed by atoms with van der Waals surface area (Å²) in [5, 5.41) is 11.4. The summed E-state index contributed by atoms with van der Waals surface area (Å²) in [6, 6.07) is 3.29. The van der Waals surface area contributed by atoms with Crippen molar-refractivity contribution >= 4 is 51.8 Å². The number of benzene rings is 1. The number of hydrogen-bond donors (Lipinski definition) is 1. The average Bonchev–Trinajstić information content (AvgIpc) is 2.80. The number of nitro benzene ring substituents is 1. The third-order valence-electron chi connectivity index (χ3n) is 5.21. The van der Waals surface area contributed by atoms with Crippen molar-refractivity contribution in [2.24, 2.45) is 0 Å². The van der Waals surface area contributed by atoms with E-state index in [0.29, 0.717) is 19.3 Å². The Morgan fingerprint density at radius 1 is 0.900 bits per heavy atom. The Kier molecular flexibility index (Phi) is 13.3. The van der Waals surface area contributed by atoms with Crippen LogP contribution in [0.1, 0.15) is 6.92 Å². The molecule has 2 rings (SSSR count). The van der Waals surface area contributed by atoms with Crippen LogP contribution in [-0.4, -0.2) is 130 Å². The number of likely N-dealkylation sites (N-methyl/N-ethyl adjacent to an activating group) is 1. The van der Waals surface area contributed by atoms with Crippen molar-refractivity contribution in [1.29, 1.82) is 0 Å². The molecule has 1 aromatic rings. The molecule has 1 saturated heterocycles. The summed E-state index contributed by atoms with van der Waals surface area (Å²) in [6.45, 7) is 3.00. The van der Waals surface area contributed by atoms with E-state index in [1.165, 1.54) is 15.3 Å². The zero-order valence-corrected chi connectivity index (χ0v) is 25.6. The predicted molar refractivity (Wildman–Crippen MR) is 145 cm³/mol. The SMILES string of the molecule is CCN1CCN(S(=O)(=O)c2cc([N+](=O)[O-])ccc2N(CCOS(C)(=O)=O)CCOS(C)(=O)=O)CC1.CS(=O)(=O)O. The molecular weight excluding hydrogens is 620 g/mol. The summed E-state index contributed by atoms with van der Waals surface area (Å²) >= 11 is 0. The maximum Gasteiger partial charge on any atom is 0.270 e. The molecule has 0 aromatic heterocycles. The lowest BCUT2D eigenvalue weighted by Crippen LogP contribution is -2.48. The van der Waals surface area contributed by atoms with Gasteiger partial charge in [-0.2, -0.15) is 29.6 Å². The molecule has 40 heavy (non-hydrogen) atoms. The average molecular weight is 655 g/mol. The van der Waals surface area contributed by atoms with Gasteiger partial charge in [0, 0.05) is 51.4 Å². The van der Waals surface area contributed by atoms with Crippen LogP contribution in [0.15, 0.2) is 23.1 Å². The van der Waals surface area contributed by atoms with Crippen molar-refractivity contribution in [3.8, 4) is 0 Å². The quantitative estimate of drug-likeness (QED) is 0.119. The van der Waals surface area contributed by atoms with Crippen LogP contribution >= 0.6 is 0 Å². The third kappa shape index (κ3) is 13.6. The van der Waals surface area contributed by atoms with E-state index < -0.39 is 51.0 Å². The van der Waals surface area contributed by atoms with Gasteiger partial charge in [-0.1, -0.05) is 6.92 Å². The van der Waals surface area contributed by atoms with Gasteiger partial charge >= 0.3 is 0 Å². The molecular formula is C19H34N4O13S4. The van der Waals surface area contributed by atoms with Crippen LogP contribution in [-0.2, 0) is 48.7 Å². The number of nitrogens with zero attached hydrogens (tertiary/aromatic N) is 4. The van der Waals surface area contributed by atoms with E-state index in [4.69, 9.17) is 12.9 Å². The molecule has 17 nitrogen and oxygen atoms in total. The van der Waals surface area contributed by atoms with Crippen molar-refractivity contribution in [3.05, 3.63) is 28.3 Å². The second-order valence-corrected chi connectivity index (χ2v) is 15.2. The highest BCUT2D eigenvalue weighted by atomic mass is 32.2. The predicted octanol–water partition coefficient (Wildman–Crippen LogP) is -0.816. The monoisotopic (exact) mass is 654 g/mol. The van der Waals surface area contributed by atoms with Crippen LogP contribution in [0.3, 0.4) is 0 Å². The van der Waals surface area contributed by atoms with Crippen molar-refractivity contribution < 1.29 is 51.5 Å². The number of piperazine rings is 1. The Hall–Kier alpha value is -1.98. The normalized spacial score (nSPS) is 15.7. The fourth-order valence-electron chi connectivity index (χ4n) is 3.46. The van der Waals surface area contributed by atoms with E-state index in [0.717, 1.165) is 31.2 Å². The van der Waals surface area contributed by atoms with Gasteiger partial charge in [-0.3, -0.25) is 23.0 Å². The lowest BCUT2D eigenvalue weighted by Gasteiger charge is -2.34. The number of sulfonamides is 1. The zero-order valence-electron chi connectivity index (χ0n) is 22.4. The summed E-state index contributed by atoms with van der Waals surface area (Å²) in [7, 11) is -15.5. The largest absolute Gasteiger partial charge is 0.366 e. The number of nitro groups is 1. The maximum atomic E-state index is 13.6. The van der Waals surface area contributed by atoms with Crippen LogP contribution < -0.4 is 4.90 Å². The second kappa shape index (κ2) is 14.8. The van der Waals surface area contributed by atoms with E-state index in [9.17, 15) is 43.8 Å². The molecule has 232 valence electrons. The second-order valence-electron chi connectivity index (χ2n) is 8.52. The first-order valence-corrected chi connectivity index (χ1v) is 18.4. The fourth-order valence-corrected chi connectivity index (χ4v) is 5.87. The van der Waals surface area contributed by atoms with E-state index in [1.807, 2.05) is 6.92 Å². The van der Waals surface area contributed by atoms with Crippen molar-refractivity contribution in [2.75, 3.05) is 82.7 Å².